The van der Waals surface area contributed by atoms with Gasteiger partial charge < -0.3 is 4.74 Å². The number of hydrogen-bond donors (Lipinski definition) is 0. The van der Waals surface area contributed by atoms with Crippen LogP contribution in [0.2, 0.25) is 0 Å². The molecule has 1 aliphatic carbocycles. The first kappa shape index (κ1) is 13.9. The molecule has 0 radical (unpaired) electrons. The quantitative estimate of drug-likeness (QED) is 0.702. The molecule has 2 heterocycles. The van der Waals surface area contributed by atoms with Gasteiger partial charge in [0.1, 0.15) is 5.52 Å². The molecule has 3 aromatic rings. The molecule has 1 aliphatic rings. The Kier molecular flexibility index (Phi) is 3.09. The van der Waals surface area contributed by atoms with Crippen molar-refractivity contribution in [2.24, 2.45) is 7.05 Å². The highest BCUT2D eigenvalue weighted by Crippen LogP contribution is 2.36. The lowest BCUT2D eigenvalue weighted by atomic mass is 9.89. The van der Waals surface area contributed by atoms with Gasteiger partial charge in [-0.3, -0.25) is 9.13 Å². The number of aromatic nitrogens is 4. The van der Waals surface area contributed by atoms with Crippen LogP contribution in [0, 0.1) is 0 Å². The second kappa shape index (κ2) is 4.89. The number of rotatable bonds is 2. The third kappa shape index (κ3) is 1.85. The monoisotopic (exact) mass is 362 g/mol. The summed E-state index contributed by atoms with van der Waals surface area (Å²) in [5, 5.41) is 9.42. The van der Waals surface area contributed by atoms with Gasteiger partial charge in [-0.1, -0.05) is 15.9 Å². The predicted octanol–water partition coefficient (Wildman–Crippen LogP) is 2.40. The molecule has 0 saturated heterocycles. The second-order valence-corrected chi connectivity index (χ2v) is 6.64. The molecule has 2 aromatic heterocycles. The molecular formula is C15H15BrN4O2. The van der Waals surface area contributed by atoms with E-state index in [0.29, 0.717) is 5.65 Å². The minimum absolute atomic E-state index is 0.0451. The summed E-state index contributed by atoms with van der Waals surface area (Å²) in [5.41, 5.74) is 2.23. The maximum absolute atomic E-state index is 12.7. The molecule has 1 fully saturated rings. The molecule has 1 saturated carbocycles. The lowest BCUT2D eigenvalue weighted by Gasteiger charge is -2.34. The Morgan fingerprint density at radius 3 is 2.82 bits per heavy atom. The largest absolute Gasteiger partial charge is 0.381 e. The molecule has 4 rings (SSSR count). The van der Waals surface area contributed by atoms with Gasteiger partial charge in [-0.05, 0) is 31.0 Å². The Balaban J connectivity index is 2.04. The van der Waals surface area contributed by atoms with Crippen LogP contribution in [-0.4, -0.2) is 32.5 Å². The first-order chi connectivity index (χ1) is 10.6. The predicted molar refractivity (Wildman–Crippen MR) is 87.0 cm³/mol. The normalized spacial score (nSPS) is 21.4. The number of hydrogen-bond acceptors (Lipinski definition) is 4. The summed E-state index contributed by atoms with van der Waals surface area (Å²) in [6.07, 6.45) is 1.95. The minimum atomic E-state index is -0.0451. The Hall–Kier alpha value is -1.73. The average Bonchev–Trinajstić information content (AvgIpc) is 2.72. The van der Waals surface area contributed by atoms with Crippen LogP contribution < -0.4 is 5.69 Å². The standard InChI is InChI=1S/C15H15BrN4O2/c1-19-14-13(11-5-8(16)3-4-12(11)17-18-14)20(15(19)21)9-6-10(7-9)22-2/h3-5,9-10H,6-7H2,1-2H3. The summed E-state index contributed by atoms with van der Waals surface area (Å²) < 4.78 is 9.73. The summed E-state index contributed by atoms with van der Waals surface area (Å²) in [5.74, 6) is 0. The van der Waals surface area contributed by atoms with E-state index in [1.54, 1.807) is 18.7 Å². The molecule has 7 heteroatoms. The summed E-state index contributed by atoms with van der Waals surface area (Å²) in [4.78, 5) is 12.7. The molecule has 0 unspecified atom stereocenters. The fourth-order valence-corrected chi connectivity index (χ4v) is 3.51. The van der Waals surface area contributed by atoms with E-state index in [9.17, 15) is 4.79 Å². The average molecular weight is 363 g/mol. The molecule has 0 amide bonds. The van der Waals surface area contributed by atoms with Gasteiger partial charge in [-0.15, -0.1) is 10.2 Å². The Morgan fingerprint density at radius 2 is 2.09 bits per heavy atom. The Morgan fingerprint density at radius 1 is 1.32 bits per heavy atom. The van der Waals surface area contributed by atoms with E-state index in [4.69, 9.17) is 4.74 Å². The van der Waals surface area contributed by atoms with E-state index in [1.165, 1.54) is 0 Å². The van der Waals surface area contributed by atoms with Crippen molar-refractivity contribution in [1.82, 2.24) is 19.3 Å². The Labute approximate surface area is 134 Å². The number of ether oxygens (including phenoxy) is 1. The maximum atomic E-state index is 12.7. The molecule has 0 atom stereocenters. The van der Waals surface area contributed by atoms with Crippen molar-refractivity contribution < 1.29 is 4.74 Å². The summed E-state index contributed by atoms with van der Waals surface area (Å²) >= 11 is 3.49. The highest BCUT2D eigenvalue weighted by molar-refractivity contribution is 9.10. The van der Waals surface area contributed by atoms with Gasteiger partial charge >= 0.3 is 5.69 Å². The zero-order valence-corrected chi connectivity index (χ0v) is 13.9. The van der Waals surface area contributed by atoms with Crippen LogP contribution in [0.3, 0.4) is 0 Å². The van der Waals surface area contributed by atoms with E-state index < -0.39 is 0 Å². The molecule has 0 spiro atoms. The lowest BCUT2D eigenvalue weighted by Crippen LogP contribution is -2.37. The van der Waals surface area contributed by atoms with Crippen LogP contribution in [0.5, 0.6) is 0 Å². The molecule has 0 bridgehead atoms. The molecule has 22 heavy (non-hydrogen) atoms. The SMILES string of the molecule is COC1CC(n2c(=O)n(C)c3nnc4ccc(Br)cc4c32)C1. The zero-order chi connectivity index (χ0) is 15.4. The van der Waals surface area contributed by atoms with Crippen LogP contribution in [0.15, 0.2) is 27.5 Å². The summed E-state index contributed by atoms with van der Waals surface area (Å²) in [6, 6.07) is 5.99. The fraction of sp³-hybridized carbons (Fsp3) is 0.400. The number of aryl methyl sites for hydroxylation is 1. The van der Waals surface area contributed by atoms with Crippen LogP contribution in [0.25, 0.3) is 22.1 Å². The fourth-order valence-electron chi connectivity index (χ4n) is 3.15. The van der Waals surface area contributed by atoms with Crippen molar-refractivity contribution in [2.45, 2.75) is 25.0 Å². The van der Waals surface area contributed by atoms with Crippen LogP contribution >= 0.6 is 15.9 Å². The van der Waals surface area contributed by atoms with Crippen molar-refractivity contribution in [1.29, 1.82) is 0 Å². The van der Waals surface area contributed by atoms with Gasteiger partial charge in [0, 0.05) is 30.1 Å². The number of nitrogens with zero attached hydrogens (tertiary/aromatic N) is 4. The topological polar surface area (TPSA) is 61.9 Å². The van der Waals surface area contributed by atoms with Crippen LogP contribution in [0.1, 0.15) is 18.9 Å². The van der Waals surface area contributed by atoms with E-state index >= 15 is 0 Å². The van der Waals surface area contributed by atoms with Crippen molar-refractivity contribution in [3.05, 3.63) is 33.2 Å². The third-order valence-corrected chi connectivity index (χ3v) is 4.99. The lowest BCUT2D eigenvalue weighted by molar-refractivity contribution is 0.00635. The van der Waals surface area contributed by atoms with E-state index in [2.05, 4.69) is 26.1 Å². The number of benzene rings is 1. The molecular weight excluding hydrogens is 348 g/mol. The van der Waals surface area contributed by atoms with Gasteiger partial charge in [0.25, 0.3) is 0 Å². The van der Waals surface area contributed by atoms with Crippen LogP contribution in [-0.2, 0) is 11.8 Å². The summed E-state index contributed by atoms with van der Waals surface area (Å²) in [6.45, 7) is 0. The molecule has 114 valence electrons. The summed E-state index contributed by atoms with van der Waals surface area (Å²) in [7, 11) is 3.46. The van der Waals surface area contributed by atoms with Crippen molar-refractivity contribution in [2.75, 3.05) is 7.11 Å². The second-order valence-electron chi connectivity index (χ2n) is 5.73. The number of halogens is 1. The highest BCUT2D eigenvalue weighted by Gasteiger charge is 2.34. The van der Waals surface area contributed by atoms with Crippen LogP contribution in [0.4, 0.5) is 0 Å². The van der Waals surface area contributed by atoms with Crippen molar-refractivity contribution in [3.63, 3.8) is 0 Å². The van der Waals surface area contributed by atoms with Gasteiger partial charge in [0.2, 0.25) is 0 Å². The van der Waals surface area contributed by atoms with Crippen molar-refractivity contribution in [3.8, 4) is 0 Å². The number of fused-ring (bicyclic) bond motifs is 3. The molecule has 0 aliphatic heterocycles. The highest BCUT2D eigenvalue weighted by atomic mass is 79.9. The Bertz CT molecular complexity index is 940. The first-order valence-corrected chi connectivity index (χ1v) is 7.95. The van der Waals surface area contributed by atoms with E-state index in [-0.39, 0.29) is 17.8 Å². The maximum Gasteiger partial charge on any atom is 0.330 e. The minimum Gasteiger partial charge on any atom is -0.381 e. The first-order valence-electron chi connectivity index (χ1n) is 7.16. The van der Waals surface area contributed by atoms with E-state index in [0.717, 1.165) is 33.7 Å². The number of methoxy groups -OCH3 is 1. The van der Waals surface area contributed by atoms with Gasteiger partial charge in [0.05, 0.1) is 11.6 Å². The number of imidazole rings is 1. The van der Waals surface area contributed by atoms with Gasteiger partial charge in [-0.25, -0.2) is 4.79 Å². The molecule has 1 aromatic carbocycles. The smallest absolute Gasteiger partial charge is 0.330 e. The molecule has 6 nitrogen and oxygen atoms in total. The van der Waals surface area contributed by atoms with Gasteiger partial charge in [0.15, 0.2) is 5.65 Å². The zero-order valence-electron chi connectivity index (χ0n) is 12.3. The third-order valence-electron chi connectivity index (χ3n) is 4.50. The van der Waals surface area contributed by atoms with Crippen molar-refractivity contribution >= 4 is 38.0 Å². The van der Waals surface area contributed by atoms with E-state index in [1.807, 2.05) is 22.8 Å². The molecule has 0 N–H and O–H groups in total. The van der Waals surface area contributed by atoms with Gasteiger partial charge in [-0.2, -0.15) is 0 Å².